The third kappa shape index (κ3) is 3.57. The van der Waals surface area contributed by atoms with Crippen LogP contribution >= 0.6 is 0 Å². The first-order valence-electron chi connectivity index (χ1n) is 9.34. The lowest BCUT2D eigenvalue weighted by Gasteiger charge is -2.31. The Labute approximate surface area is 143 Å². The van der Waals surface area contributed by atoms with Crippen LogP contribution in [0.3, 0.4) is 0 Å². The summed E-state index contributed by atoms with van der Waals surface area (Å²) in [5.74, 6) is 1.54. The molecule has 130 valence electrons. The van der Waals surface area contributed by atoms with Crippen LogP contribution in [0.15, 0.2) is 24.3 Å². The maximum Gasteiger partial charge on any atom is 0.251 e. The number of amides is 1. The van der Waals surface area contributed by atoms with E-state index in [2.05, 4.69) is 16.2 Å². The van der Waals surface area contributed by atoms with Crippen LogP contribution < -0.4 is 20.9 Å². The van der Waals surface area contributed by atoms with Crippen molar-refractivity contribution in [1.82, 2.24) is 16.2 Å². The summed E-state index contributed by atoms with van der Waals surface area (Å²) in [6, 6.07) is 8.47. The van der Waals surface area contributed by atoms with E-state index in [1.54, 1.807) is 0 Å². The number of benzene rings is 1. The molecule has 1 amide bonds. The van der Waals surface area contributed by atoms with E-state index in [1.165, 1.54) is 12.8 Å². The van der Waals surface area contributed by atoms with Crippen LogP contribution in [0.25, 0.3) is 0 Å². The van der Waals surface area contributed by atoms with Gasteiger partial charge in [0.15, 0.2) is 0 Å². The average molecular weight is 329 g/mol. The zero-order valence-corrected chi connectivity index (χ0v) is 14.1. The van der Waals surface area contributed by atoms with Gasteiger partial charge >= 0.3 is 0 Å². The van der Waals surface area contributed by atoms with Crippen LogP contribution in [0.1, 0.15) is 55.3 Å². The Kier molecular flexibility index (Phi) is 4.72. The topological polar surface area (TPSA) is 62.4 Å². The van der Waals surface area contributed by atoms with Gasteiger partial charge in [0.25, 0.3) is 5.91 Å². The van der Waals surface area contributed by atoms with Crippen LogP contribution in [0, 0.1) is 5.92 Å². The Balaban J connectivity index is 1.31. The first kappa shape index (κ1) is 15.9. The molecule has 2 saturated carbocycles. The van der Waals surface area contributed by atoms with Crippen molar-refractivity contribution in [3.05, 3.63) is 29.8 Å². The third-order valence-corrected chi connectivity index (χ3v) is 5.69. The zero-order valence-electron chi connectivity index (χ0n) is 14.1. The van der Waals surface area contributed by atoms with E-state index in [9.17, 15) is 4.79 Å². The predicted octanol–water partition coefficient (Wildman–Crippen LogP) is 2.38. The number of hydrazine groups is 1. The predicted molar refractivity (Wildman–Crippen MR) is 92.8 cm³/mol. The van der Waals surface area contributed by atoms with Crippen molar-refractivity contribution in [2.45, 2.75) is 63.1 Å². The number of rotatable bonds is 4. The smallest absolute Gasteiger partial charge is 0.251 e. The van der Waals surface area contributed by atoms with E-state index >= 15 is 0 Å². The minimum atomic E-state index is 0.0322. The molecule has 5 heteroatoms. The fraction of sp³-hybridized carbons (Fsp3) is 0.632. The summed E-state index contributed by atoms with van der Waals surface area (Å²) >= 11 is 0. The highest BCUT2D eigenvalue weighted by molar-refractivity contribution is 5.94. The van der Waals surface area contributed by atoms with Crippen molar-refractivity contribution in [2.24, 2.45) is 5.92 Å². The summed E-state index contributed by atoms with van der Waals surface area (Å²) in [6.45, 7) is 1.00. The number of hydrogen-bond donors (Lipinski definition) is 3. The highest BCUT2D eigenvalue weighted by Gasteiger charge is 2.34. The van der Waals surface area contributed by atoms with Gasteiger partial charge in [-0.15, -0.1) is 0 Å². The Morgan fingerprint density at radius 2 is 1.88 bits per heavy atom. The average Bonchev–Trinajstić information content (AvgIpc) is 3.26. The van der Waals surface area contributed by atoms with Crippen LogP contribution in [0.4, 0.5) is 0 Å². The van der Waals surface area contributed by atoms with Gasteiger partial charge in [0, 0.05) is 24.2 Å². The lowest BCUT2D eigenvalue weighted by atomic mass is 9.83. The molecule has 0 bridgehead atoms. The molecule has 3 unspecified atom stereocenters. The molecule has 24 heavy (non-hydrogen) atoms. The molecule has 5 nitrogen and oxygen atoms in total. The van der Waals surface area contributed by atoms with Gasteiger partial charge in [-0.05, 0) is 75.1 Å². The van der Waals surface area contributed by atoms with E-state index in [1.807, 2.05) is 24.3 Å². The minimum Gasteiger partial charge on any atom is -0.490 e. The lowest BCUT2D eigenvalue weighted by molar-refractivity contribution is 0.0918. The first-order chi connectivity index (χ1) is 11.8. The summed E-state index contributed by atoms with van der Waals surface area (Å²) < 4.78 is 5.96. The van der Waals surface area contributed by atoms with Crippen LogP contribution in [0.2, 0.25) is 0 Å². The summed E-state index contributed by atoms with van der Waals surface area (Å²) in [4.78, 5) is 12.5. The van der Waals surface area contributed by atoms with Gasteiger partial charge in [-0.3, -0.25) is 15.6 Å². The van der Waals surface area contributed by atoms with Crippen molar-refractivity contribution in [2.75, 3.05) is 6.54 Å². The fourth-order valence-corrected chi connectivity index (χ4v) is 4.28. The Morgan fingerprint density at radius 3 is 2.67 bits per heavy atom. The van der Waals surface area contributed by atoms with Gasteiger partial charge in [0.2, 0.25) is 0 Å². The maximum absolute atomic E-state index is 12.5. The Hall–Kier alpha value is -1.59. The summed E-state index contributed by atoms with van der Waals surface area (Å²) in [7, 11) is 0. The van der Waals surface area contributed by atoms with Crippen LogP contribution in [-0.4, -0.2) is 30.6 Å². The molecule has 4 rings (SSSR count). The Morgan fingerprint density at radius 1 is 1.08 bits per heavy atom. The SMILES string of the molecule is O=C(NC1CCC2NNCC2C1)c1ccc(OC2CCCC2)cc1. The number of hydrogen-bond acceptors (Lipinski definition) is 4. The van der Waals surface area contributed by atoms with E-state index < -0.39 is 0 Å². The van der Waals surface area contributed by atoms with Crippen molar-refractivity contribution < 1.29 is 9.53 Å². The zero-order chi connectivity index (χ0) is 16.4. The largest absolute Gasteiger partial charge is 0.490 e. The number of carbonyl (C=O) groups is 1. The van der Waals surface area contributed by atoms with Crippen molar-refractivity contribution in [1.29, 1.82) is 0 Å². The number of nitrogens with one attached hydrogen (secondary N) is 3. The second-order valence-electron chi connectivity index (χ2n) is 7.42. The second-order valence-corrected chi connectivity index (χ2v) is 7.42. The molecule has 0 radical (unpaired) electrons. The van der Waals surface area contributed by atoms with E-state index in [0.29, 0.717) is 18.1 Å². The highest BCUT2D eigenvalue weighted by atomic mass is 16.5. The minimum absolute atomic E-state index is 0.0322. The fourth-order valence-electron chi connectivity index (χ4n) is 4.28. The van der Waals surface area contributed by atoms with Crippen LogP contribution in [0.5, 0.6) is 5.75 Å². The van der Waals surface area contributed by atoms with Crippen molar-refractivity contribution >= 4 is 5.91 Å². The van der Waals surface area contributed by atoms with Crippen molar-refractivity contribution in [3.63, 3.8) is 0 Å². The van der Waals surface area contributed by atoms with Gasteiger partial charge in [0.1, 0.15) is 5.75 Å². The van der Waals surface area contributed by atoms with Gasteiger partial charge in [-0.1, -0.05) is 0 Å². The van der Waals surface area contributed by atoms with E-state index in [0.717, 1.165) is 50.0 Å². The third-order valence-electron chi connectivity index (χ3n) is 5.69. The monoisotopic (exact) mass is 329 g/mol. The van der Waals surface area contributed by atoms with Gasteiger partial charge in [0.05, 0.1) is 6.10 Å². The molecule has 1 aromatic rings. The lowest BCUT2D eigenvalue weighted by Crippen LogP contribution is -2.44. The van der Waals surface area contributed by atoms with E-state index in [4.69, 9.17) is 4.74 Å². The van der Waals surface area contributed by atoms with Crippen molar-refractivity contribution in [3.8, 4) is 5.75 Å². The van der Waals surface area contributed by atoms with Crippen LogP contribution in [-0.2, 0) is 0 Å². The normalized spacial score (nSPS) is 30.1. The molecule has 1 saturated heterocycles. The molecular formula is C19H27N3O2. The standard InChI is InChI=1S/C19H27N3O2/c23-19(21-15-7-10-18-14(11-15)12-20-22-18)13-5-8-17(9-6-13)24-16-3-1-2-4-16/h5-6,8-9,14-16,18,20,22H,1-4,7,10-12H2,(H,21,23). The molecule has 0 spiro atoms. The first-order valence-corrected chi connectivity index (χ1v) is 9.34. The molecule has 3 atom stereocenters. The number of fused-ring (bicyclic) bond motifs is 1. The molecular weight excluding hydrogens is 302 g/mol. The molecule has 1 aliphatic heterocycles. The molecule has 3 aliphatic rings. The van der Waals surface area contributed by atoms with Gasteiger partial charge in [-0.25, -0.2) is 0 Å². The van der Waals surface area contributed by atoms with Gasteiger partial charge < -0.3 is 10.1 Å². The molecule has 0 aromatic heterocycles. The molecule has 2 aliphatic carbocycles. The van der Waals surface area contributed by atoms with Gasteiger partial charge in [-0.2, -0.15) is 0 Å². The number of ether oxygens (including phenoxy) is 1. The summed E-state index contributed by atoms with van der Waals surface area (Å²) in [5, 5.41) is 3.21. The Bertz CT molecular complexity index is 568. The molecule has 1 aromatic carbocycles. The molecule has 1 heterocycles. The second kappa shape index (κ2) is 7.11. The van der Waals surface area contributed by atoms with E-state index in [-0.39, 0.29) is 11.9 Å². The summed E-state index contributed by atoms with van der Waals surface area (Å²) in [6.07, 6.45) is 8.40. The maximum atomic E-state index is 12.5. The molecule has 3 N–H and O–H groups in total. The number of carbonyl (C=O) groups excluding carboxylic acids is 1. The highest BCUT2D eigenvalue weighted by Crippen LogP contribution is 2.27. The summed E-state index contributed by atoms with van der Waals surface area (Å²) in [5.41, 5.74) is 7.27. The quantitative estimate of drug-likeness (QED) is 0.794. The molecule has 3 fully saturated rings.